The molecule has 0 spiro atoms. The molecule has 1 fully saturated rings. The Bertz CT molecular complexity index is 721. The second-order valence-electron chi connectivity index (χ2n) is 6.59. The van der Waals surface area contributed by atoms with Gasteiger partial charge in [0.2, 0.25) is 21.8 Å². The summed E-state index contributed by atoms with van der Waals surface area (Å²) in [4.78, 5) is 25.6. The van der Waals surface area contributed by atoms with Crippen LogP contribution >= 0.6 is 0 Å². The standard InChI is InChI=1S/C17H25N3O4S/c1-19(2)16(21)12-13-4-6-15(7-5-13)18-17(22)14-8-10-20(11-9-14)25(3,23)24/h4-7,14H,8-12H2,1-3H3,(H,18,22). The highest BCUT2D eigenvalue weighted by molar-refractivity contribution is 7.88. The van der Waals surface area contributed by atoms with Crippen molar-refractivity contribution in [1.82, 2.24) is 9.21 Å². The fraction of sp³-hybridized carbons (Fsp3) is 0.529. The van der Waals surface area contributed by atoms with Crippen molar-refractivity contribution in [1.29, 1.82) is 0 Å². The Kier molecular flexibility index (Phi) is 6.18. The minimum atomic E-state index is -3.18. The maximum atomic E-state index is 12.3. The Balaban J connectivity index is 1.88. The maximum Gasteiger partial charge on any atom is 0.227 e. The third-order valence-electron chi connectivity index (χ3n) is 4.37. The zero-order valence-electron chi connectivity index (χ0n) is 14.9. The summed E-state index contributed by atoms with van der Waals surface area (Å²) in [5, 5.41) is 2.87. The van der Waals surface area contributed by atoms with E-state index < -0.39 is 10.0 Å². The molecule has 1 aromatic rings. The molecule has 138 valence electrons. The second-order valence-corrected chi connectivity index (χ2v) is 8.57. The van der Waals surface area contributed by atoms with Crippen molar-refractivity contribution >= 4 is 27.5 Å². The number of rotatable bonds is 5. The predicted octanol–water partition coefficient (Wildman–Crippen LogP) is 0.927. The molecule has 1 aliphatic rings. The van der Waals surface area contributed by atoms with Crippen LogP contribution in [-0.4, -0.2) is 62.9 Å². The molecule has 7 nitrogen and oxygen atoms in total. The van der Waals surface area contributed by atoms with Gasteiger partial charge >= 0.3 is 0 Å². The summed E-state index contributed by atoms with van der Waals surface area (Å²) in [5.74, 6) is -0.257. The van der Waals surface area contributed by atoms with Crippen molar-refractivity contribution in [3.05, 3.63) is 29.8 Å². The lowest BCUT2D eigenvalue weighted by molar-refractivity contribution is -0.128. The van der Waals surface area contributed by atoms with Gasteiger partial charge in [-0.1, -0.05) is 12.1 Å². The average molecular weight is 367 g/mol. The van der Waals surface area contributed by atoms with Gasteiger partial charge in [-0.2, -0.15) is 0 Å². The number of piperidine rings is 1. The van der Waals surface area contributed by atoms with Crippen molar-refractivity contribution < 1.29 is 18.0 Å². The summed E-state index contributed by atoms with van der Waals surface area (Å²) in [6.45, 7) is 0.755. The summed E-state index contributed by atoms with van der Waals surface area (Å²) in [5.41, 5.74) is 1.56. The van der Waals surface area contributed by atoms with Crippen molar-refractivity contribution in [3.8, 4) is 0 Å². The van der Waals surface area contributed by atoms with E-state index >= 15 is 0 Å². The number of hydrogen-bond donors (Lipinski definition) is 1. The van der Waals surface area contributed by atoms with E-state index in [2.05, 4.69) is 5.32 Å². The number of nitrogens with one attached hydrogen (secondary N) is 1. The van der Waals surface area contributed by atoms with Crippen LogP contribution in [0.1, 0.15) is 18.4 Å². The Morgan fingerprint density at radius 3 is 2.20 bits per heavy atom. The highest BCUT2D eigenvalue weighted by Gasteiger charge is 2.28. The van der Waals surface area contributed by atoms with Gasteiger partial charge in [-0.05, 0) is 30.5 Å². The quantitative estimate of drug-likeness (QED) is 0.839. The molecule has 8 heteroatoms. The highest BCUT2D eigenvalue weighted by atomic mass is 32.2. The van der Waals surface area contributed by atoms with Gasteiger partial charge in [0, 0.05) is 38.8 Å². The van der Waals surface area contributed by atoms with Crippen LogP contribution in [0.3, 0.4) is 0 Å². The molecular formula is C17H25N3O4S. The largest absolute Gasteiger partial charge is 0.349 e. The van der Waals surface area contributed by atoms with E-state index in [9.17, 15) is 18.0 Å². The number of anilines is 1. The van der Waals surface area contributed by atoms with E-state index in [-0.39, 0.29) is 17.7 Å². The smallest absolute Gasteiger partial charge is 0.227 e. The topological polar surface area (TPSA) is 86.8 Å². The third kappa shape index (κ3) is 5.54. The molecule has 0 unspecified atom stereocenters. The number of hydrogen-bond acceptors (Lipinski definition) is 4. The van der Waals surface area contributed by atoms with Crippen molar-refractivity contribution in [2.45, 2.75) is 19.3 Å². The lowest BCUT2D eigenvalue weighted by Crippen LogP contribution is -2.40. The first kappa shape index (κ1) is 19.4. The van der Waals surface area contributed by atoms with Gasteiger partial charge in [0.1, 0.15) is 0 Å². The number of carbonyl (C=O) groups is 2. The average Bonchev–Trinajstić information content (AvgIpc) is 2.55. The highest BCUT2D eigenvalue weighted by Crippen LogP contribution is 2.21. The number of sulfonamides is 1. The summed E-state index contributed by atoms with van der Waals surface area (Å²) >= 11 is 0. The molecule has 0 atom stereocenters. The first-order valence-electron chi connectivity index (χ1n) is 8.22. The SMILES string of the molecule is CN(C)C(=O)Cc1ccc(NC(=O)C2CCN(S(C)(=O)=O)CC2)cc1. The van der Waals surface area contributed by atoms with Gasteiger partial charge in [-0.3, -0.25) is 9.59 Å². The minimum Gasteiger partial charge on any atom is -0.349 e. The molecule has 1 aliphatic heterocycles. The van der Waals surface area contributed by atoms with E-state index in [1.807, 2.05) is 12.1 Å². The van der Waals surface area contributed by atoms with Crippen LogP contribution in [0.2, 0.25) is 0 Å². The molecule has 2 amide bonds. The van der Waals surface area contributed by atoms with Crippen LogP contribution in [-0.2, 0) is 26.0 Å². The number of benzene rings is 1. The van der Waals surface area contributed by atoms with Gasteiger partial charge in [0.25, 0.3) is 0 Å². The Morgan fingerprint density at radius 1 is 1.16 bits per heavy atom. The fourth-order valence-electron chi connectivity index (χ4n) is 2.73. The van der Waals surface area contributed by atoms with Crippen LogP contribution in [0, 0.1) is 5.92 Å². The molecule has 0 saturated carbocycles. The minimum absolute atomic E-state index is 0.0226. The molecule has 0 bridgehead atoms. The van der Waals surface area contributed by atoms with Gasteiger partial charge < -0.3 is 10.2 Å². The first-order chi connectivity index (χ1) is 11.7. The molecule has 0 aromatic heterocycles. The van der Waals surface area contributed by atoms with Gasteiger partial charge in [0.05, 0.1) is 12.7 Å². The molecular weight excluding hydrogens is 342 g/mol. The number of nitrogens with zero attached hydrogens (tertiary/aromatic N) is 2. The molecule has 0 aliphatic carbocycles. The third-order valence-corrected chi connectivity index (χ3v) is 5.67. The monoisotopic (exact) mass is 367 g/mol. The van der Waals surface area contributed by atoms with Crippen LogP contribution < -0.4 is 5.32 Å². The molecule has 2 rings (SSSR count). The zero-order valence-corrected chi connectivity index (χ0v) is 15.7. The molecule has 1 N–H and O–H groups in total. The van der Waals surface area contributed by atoms with Crippen LogP contribution in [0.15, 0.2) is 24.3 Å². The Hall–Kier alpha value is -1.93. The first-order valence-corrected chi connectivity index (χ1v) is 10.1. The van der Waals surface area contributed by atoms with E-state index in [1.54, 1.807) is 31.1 Å². The summed E-state index contributed by atoms with van der Waals surface area (Å²) in [6, 6.07) is 7.20. The van der Waals surface area contributed by atoms with Crippen LogP contribution in [0.25, 0.3) is 0 Å². The van der Waals surface area contributed by atoms with Crippen LogP contribution in [0.4, 0.5) is 5.69 Å². The van der Waals surface area contributed by atoms with Gasteiger partial charge in [-0.25, -0.2) is 12.7 Å². The molecule has 1 saturated heterocycles. The molecule has 0 radical (unpaired) electrons. The molecule has 25 heavy (non-hydrogen) atoms. The summed E-state index contributed by atoms with van der Waals surface area (Å²) < 4.78 is 24.4. The van der Waals surface area contributed by atoms with E-state index in [1.165, 1.54) is 10.6 Å². The Labute approximate surface area is 149 Å². The predicted molar refractivity (Wildman–Crippen MR) is 96.6 cm³/mol. The Morgan fingerprint density at radius 2 is 1.72 bits per heavy atom. The lowest BCUT2D eigenvalue weighted by Gasteiger charge is -2.29. The van der Waals surface area contributed by atoms with Crippen molar-refractivity contribution in [2.75, 3.05) is 38.8 Å². The normalized spacial score (nSPS) is 16.4. The van der Waals surface area contributed by atoms with Crippen molar-refractivity contribution in [2.24, 2.45) is 5.92 Å². The number of amides is 2. The summed E-state index contributed by atoms with van der Waals surface area (Å²) in [6.07, 6.45) is 2.56. The van der Waals surface area contributed by atoms with E-state index in [4.69, 9.17) is 0 Å². The van der Waals surface area contributed by atoms with E-state index in [0.29, 0.717) is 38.0 Å². The van der Waals surface area contributed by atoms with Crippen molar-refractivity contribution in [3.63, 3.8) is 0 Å². The fourth-order valence-corrected chi connectivity index (χ4v) is 3.61. The molecule has 1 aromatic carbocycles. The van der Waals surface area contributed by atoms with Gasteiger partial charge in [0.15, 0.2) is 0 Å². The zero-order chi connectivity index (χ0) is 18.6. The van der Waals surface area contributed by atoms with Crippen LogP contribution in [0.5, 0.6) is 0 Å². The molecule has 1 heterocycles. The maximum absolute atomic E-state index is 12.3. The van der Waals surface area contributed by atoms with Gasteiger partial charge in [-0.15, -0.1) is 0 Å². The van der Waals surface area contributed by atoms with E-state index in [0.717, 1.165) is 5.56 Å². The summed E-state index contributed by atoms with van der Waals surface area (Å²) in [7, 11) is 0.244. The lowest BCUT2D eigenvalue weighted by atomic mass is 9.97. The number of carbonyl (C=O) groups excluding carboxylic acids is 2. The second kappa shape index (κ2) is 7.97. The number of likely N-dealkylation sites (N-methyl/N-ethyl adjacent to an activating group) is 1.